The third kappa shape index (κ3) is 3.95. The first-order chi connectivity index (χ1) is 7.77. The fourth-order valence-corrected chi connectivity index (χ4v) is 2.14. The maximum atomic E-state index is 11.1. The fourth-order valence-electron chi connectivity index (χ4n) is 1.16. The molecule has 0 saturated heterocycles. The van der Waals surface area contributed by atoms with Gasteiger partial charge in [-0.2, -0.15) is 0 Å². The standard InChI is InChI=1S/C12H13NO2S/c1-13-11(12(14)15-2)9-16-8-10-6-4-3-5-7-10/h3-7,11H,8-9H2,2H3. The number of hydrogen-bond acceptors (Lipinski definition) is 3. The average Bonchev–Trinajstić information content (AvgIpc) is 2.35. The summed E-state index contributed by atoms with van der Waals surface area (Å²) in [5.74, 6) is 0.838. The molecule has 0 fully saturated rings. The van der Waals surface area contributed by atoms with Gasteiger partial charge >= 0.3 is 12.0 Å². The number of rotatable bonds is 5. The van der Waals surface area contributed by atoms with Crippen LogP contribution in [0.15, 0.2) is 30.3 Å². The van der Waals surface area contributed by atoms with Crippen LogP contribution in [0.2, 0.25) is 0 Å². The Kier molecular flexibility index (Phi) is 5.44. The Bertz CT molecular complexity index is 372. The van der Waals surface area contributed by atoms with E-state index in [0.717, 1.165) is 5.75 Å². The Morgan fingerprint density at radius 1 is 1.50 bits per heavy atom. The topological polar surface area (TPSA) is 30.7 Å². The second-order valence-corrected chi connectivity index (χ2v) is 4.20. The summed E-state index contributed by atoms with van der Waals surface area (Å²) in [7, 11) is 1.31. The normalized spacial score (nSPS) is 11.5. The number of nitrogens with zero attached hydrogens (tertiary/aromatic N) is 1. The summed E-state index contributed by atoms with van der Waals surface area (Å²) >= 11 is 1.57. The van der Waals surface area contributed by atoms with Crippen LogP contribution in [0.1, 0.15) is 5.56 Å². The molecule has 0 saturated carbocycles. The highest BCUT2D eigenvalue weighted by Crippen LogP contribution is 2.14. The molecule has 4 heteroatoms. The highest BCUT2D eigenvalue weighted by molar-refractivity contribution is 7.98. The van der Waals surface area contributed by atoms with E-state index >= 15 is 0 Å². The van der Waals surface area contributed by atoms with Crippen LogP contribution in [0.4, 0.5) is 0 Å². The molecule has 0 amide bonds. The third-order valence-electron chi connectivity index (χ3n) is 2.02. The Balaban J connectivity index is 2.35. The molecular weight excluding hydrogens is 222 g/mol. The van der Waals surface area contributed by atoms with Crippen molar-refractivity contribution in [3.8, 4) is 0 Å². The van der Waals surface area contributed by atoms with Gasteiger partial charge in [0.25, 0.3) is 0 Å². The van der Waals surface area contributed by atoms with E-state index in [4.69, 9.17) is 6.57 Å². The lowest BCUT2D eigenvalue weighted by Crippen LogP contribution is -2.21. The molecule has 0 N–H and O–H groups in total. The zero-order chi connectivity index (χ0) is 11.8. The Morgan fingerprint density at radius 2 is 2.19 bits per heavy atom. The molecule has 1 aromatic rings. The van der Waals surface area contributed by atoms with E-state index in [0.29, 0.717) is 5.75 Å². The van der Waals surface area contributed by atoms with Gasteiger partial charge < -0.3 is 9.58 Å². The van der Waals surface area contributed by atoms with Crippen molar-refractivity contribution in [2.75, 3.05) is 12.9 Å². The number of methoxy groups -OCH3 is 1. The van der Waals surface area contributed by atoms with Crippen molar-refractivity contribution in [3.63, 3.8) is 0 Å². The molecule has 1 atom stereocenters. The molecule has 1 aromatic carbocycles. The first kappa shape index (κ1) is 12.6. The van der Waals surface area contributed by atoms with Gasteiger partial charge in [0.2, 0.25) is 0 Å². The lowest BCUT2D eigenvalue weighted by Gasteiger charge is -2.03. The van der Waals surface area contributed by atoms with Crippen molar-refractivity contribution in [2.24, 2.45) is 0 Å². The minimum Gasteiger partial charge on any atom is -0.463 e. The summed E-state index contributed by atoms with van der Waals surface area (Å²) < 4.78 is 4.54. The van der Waals surface area contributed by atoms with Gasteiger partial charge in [0.1, 0.15) is 0 Å². The summed E-state index contributed by atoms with van der Waals surface area (Å²) in [6.45, 7) is 6.89. The molecule has 1 rings (SSSR count). The lowest BCUT2D eigenvalue weighted by molar-refractivity contribution is -0.140. The number of thioether (sulfide) groups is 1. The average molecular weight is 235 g/mol. The molecule has 1 unspecified atom stereocenters. The van der Waals surface area contributed by atoms with Gasteiger partial charge in [0.05, 0.1) is 12.9 Å². The van der Waals surface area contributed by atoms with Gasteiger partial charge in [0.15, 0.2) is 0 Å². The van der Waals surface area contributed by atoms with Crippen molar-refractivity contribution in [1.29, 1.82) is 0 Å². The number of carbonyl (C=O) groups excluding carboxylic acids is 1. The lowest BCUT2D eigenvalue weighted by atomic mass is 10.2. The van der Waals surface area contributed by atoms with Gasteiger partial charge in [-0.05, 0) is 5.56 Å². The maximum absolute atomic E-state index is 11.1. The maximum Gasteiger partial charge on any atom is 0.390 e. The quantitative estimate of drug-likeness (QED) is 0.580. The van der Waals surface area contributed by atoms with E-state index in [9.17, 15) is 4.79 Å². The zero-order valence-corrected chi connectivity index (χ0v) is 9.87. The Morgan fingerprint density at radius 3 is 2.75 bits per heavy atom. The van der Waals surface area contributed by atoms with Gasteiger partial charge in [-0.3, -0.25) is 0 Å². The van der Waals surface area contributed by atoms with Gasteiger partial charge in [-0.25, -0.2) is 11.4 Å². The number of carbonyl (C=O) groups is 1. The predicted molar refractivity (Wildman–Crippen MR) is 65.0 cm³/mol. The van der Waals surface area contributed by atoms with E-state index in [-0.39, 0.29) is 0 Å². The van der Waals surface area contributed by atoms with Crippen LogP contribution < -0.4 is 0 Å². The third-order valence-corrected chi connectivity index (χ3v) is 3.11. The number of esters is 1. The largest absolute Gasteiger partial charge is 0.463 e. The van der Waals surface area contributed by atoms with Crippen molar-refractivity contribution < 1.29 is 9.53 Å². The second-order valence-electron chi connectivity index (χ2n) is 3.17. The monoisotopic (exact) mass is 235 g/mol. The number of benzene rings is 1. The number of hydrogen-bond donors (Lipinski definition) is 0. The van der Waals surface area contributed by atoms with Crippen LogP contribution in [0.25, 0.3) is 4.85 Å². The fraction of sp³-hybridized carbons (Fsp3) is 0.333. The molecule has 0 heterocycles. The highest BCUT2D eigenvalue weighted by Gasteiger charge is 2.23. The molecule has 16 heavy (non-hydrogen) atoms. The van der Waals surface area contributed by atoms with E-state index in [1.54, 1.807) is 11.8 Å². The van der Waals surface area contributed by atoms with Gasteiger partial charge in [-0.1, -0.05) is 30.3 Å². The summed E-state index contributed by atoms with van der Waals surface area (Å²) in [6.07, 6.45) is 0. The van der Waals surface area contributed by atoms with E-state index < -0.39 is 12.0 Å². The highest BCUT2D eigenvalue weighted by atomic mass is 32.2. The van der Waals surface area contributed by atoms with Crippen LogP contribution in [0, 0.1) is 6.57 Å². The smallest absolute Gasteiger partial charge is 0.390 e. The van der Waals surface area contributed by atoms with Gasteiger partial charge in [0, 0.05) is 5.75 Å². The van der Waals surface area contributed by atoms with Gasteiger partial charge in [-0.15, -0.1) is 11.8 Å². The Hall–Kier alpha value is -1.47. The van der Waals surface area contributed by atoms with Crippen molar-refractivity contribution in [1.82, 2.24) is 0 Å². The predicted octanol–water partition coefficient (Wildman–Crippen LogP) is 2.38. The summed E-state index contributed by atoms with van der Waals surface area (Å²) in [5, 5.41) is 0. The van der Waals surface area contributed by atoms with E-state index in [2.05, 4.69) is 9.58 Å². The summed E-state index contributed by atoms with van der Waals surface area (Å²) in [4.78, 5) is 14.4. The van der Waals surface area contributed by atoms with Crippen LogP contribution in [-0.4, -0.2) is 24.9 Å². The van der Waals surface area contributed by atoms with Crippen molar-refractivity contribution in [3.05, 3.63) is 47.3 Å². The SMILES string of the molecule is [C-]#[N+]C(CSCc1ccccc1)C(=O)OC. The second kappa shape index (κ2) is 6.91. The minimum atomic E-state index is -0.682. The van der Waals surface area contributed by atoms with E-state index in [1.165, 1.54) is 12.7 Å². The molecule has 0 bridgehead atoms. The Labute approximate surface area is 99.6 Å². The van der Waals surface area contributed by atoms with Crippen LogP contribution in [0.3, 0.4) is 0 Å². The minimum absolute atomic E-state index is 0.449. The van der Waals surface area contributed by atoms with Crippen LogP contribution in [-0.2, 0) is 15.3 Å². The zero-order valence-electron chi connectivity index (χ0n) is 9.05. The molecule has 0 aliphatic rings. The van der Waals surface area contributed by atoms with Crippen molar-refractivity contribution >= 4 is 17.7 Å². The molecule has 0 aliphatic carbocycles. The number of ether oxygens (including phenoxy) is 1. The molecule has 0 radical (unpaired) electrons. The van der Waals surface area contributed by atoms with Crippen molar-refractivity contribution in [2.45, 2.75) is 11.8 Å². The molecule has 0 aliphatic heterocycles. The first-order valence-electron chi connectivity index (χ1n) is 4.84. The first-order valence-corrected chi connectivity index (χ1v) is 5.99. The molecule has 84 valence electrons. The summed E-state index contributed by atoms with van der Waals surface area (Å²) in [6, 6.07) is 9.28. The molecular formula is C12H13NO2S. The van der Waals surface area contributed by atoms with Crippen LogP contribution >= 0.6 is 11.8 Å². The van der Waals surface area contributed by atoms with Crippen LogP contribution in [0.5, 0.6) is 0 Å². The van der Waals surface area contributed by atoms with E-state index in [1.807, 2.05) is 30.3 Å². The summed E-state index contributed by atoms with van der Waals surface area (Å²) in [5.41, 5.74) is 1.20. The molecule has 3 nitrogen and oxygen atoms in total. The molecule has 0 aromatic heterocycles. The molecule has 0 spiro atoms.